The molecule has 2 saturated heterocycles. The number of hydrogen-bond donors (Lipinski definition) is 3. The molecule has 3 aromatic carbocycles. The van der Waals surface area contributed by atoms with Crippen molar-refractivity contribution in [2.45, 2.75) is 49.9 Å². The largest absolute Gasteiger partial charge is 0.508 e. The summed E-state index contributed by atoms with van der Waals surface area (Å²) >= 11 is 6.34. The van der Waals surface area contributed by atoms with E-state index >= 15 is 4.79 Å². The van der Waals surface area contributed by atoms with Crippen molar-refractivity contribution >= 4 is 46.9 Å². The Morgan fingerprint density at radius 1 is 0.962 bits per heavy atom. The Morgan fingerprint density at radius 3 is 2.38 bits per heavy atom. The lowest BCUT2D eigenvalue weighted by Gasteiger charge is -2.50. The number of halogens is 2. The van der Waals surface area contributed by atoms with E-state index in [0.29, 0.717) is 35.4 Å². The first-order valence-electron chi connectivity index (χ1n) is 17.3. The van der Waals surface area contributed by atoms with Gasteiger partial charge in [-0.05, 0) is 85.7 Å². The summed E-state index contributed by atoms with van der Waals surface area (Å²) in [6.07, 6.45) is 3.52. The van der Waals surface area contributed by atoms with E-state index in [9.17, 15) is 28.7 Å². The Hall–Kier alpha value is -5.23. The van der Waals surface area contributed by atoms with E-state index in [4.69, 9.17) is 21.4 Å². The van der Waals surface area contributed by atoms with Gasteiger partial charge < -0.3 is 14.9 Å². The van der Waals surface area contributed by atoms with Crippen molar-refractivity contribution in [3.63, 3.8) is 0 Å². The standard InChI is InChI=1S/C39H37ClFN3O8/c1-52-30-7-5-6-29(45)33(30)34-25-17-18-26-32(37(50)43(35(26)48)19-4-2-3-8-31(46)47)27(25)20-28-36(49)44(42-24-15-13-23(41)14-16-24)38(51)39(28,34)21-9-11-22(40)12-10-21/h5-7,9-17,26-28,32,34,42,45H,2-4,8,18-20H2,1H3,(H,46,47). The third-order valence-corrected chi connectivity index (χ3v) is 11.4. The van der Waals surface area contributed by atoms with Gasteiger partial charge in [-0.15, -0.1) is 0 Å². The second-order valence-corrected chi connectivity index (χ2v) is 14.2. The molecule has 2 heterocycles. The van der Waals surface area contributed by atoms with Gasteiger partial charge in [0.2, 0.25) is 11.8 Å². The number of hydrazine groups is 1. The number of unbranched alkanes of at least 4 members (excludes halogenated alkanes) is 2. The van der Waals surface area contributed by atoms with E-state index in [0.717, 1.165) is 5.01 Å². The maximum atomic E-state index is 15.2. The molecule has 0 spiro atoms. The van der Waals surface area contributed by atoms with Crippen LogP contribution in [0, 0.1) is 29.5 Å². The van der Waals surface area contributed by atoms with Crippen LogP contribution in [0.3, 0.4) is 0 Å². The quantitative estimate of drug-likeness (QED) is 0.126. The molecule has 270 valence electrons. The number of nitrogens with one attached hydrogen (secondary N) is 1. The third-order valence-electron chi connectivity index (χ3n) is 11.2. The number of phenols is 1. The minimum atomic E-state index is -1.68. The van der Waals surface area contributed by atoms with Gasteiger partial charge in [-0.3, -0.25) is 34.3 Å². The summed E-state index contributed by atoms with van der Waals surface area (Å²) in [4.78, 5) is 70.2. The molecule has 0 bridgehead atoms. The highest BCUT2D eigenvalue weighted by Crippen LogP contribution is 2.65. The predicted octanol–water partition coefficient (Wildman–Crippen LogP) is 5.82. The number of carboxylic acid groups (broad SMARTS) is 1. The van der Waals surface area contributed by atoms with Gasteiger partial charge in [-0.2, -0.15) is 5.01 Å². The van der Waals surface area contributed by atoms with Crippen LogP contribution in [0.5, 0.6) is 11.5 Å². The molecular formula is C39H37ClFN3O8. The van der Waals surface area contributed by atoms with Crippen molar-refractivity contribution in [2.24, 2.45) is 23.7 Å². The lowest BCUT2D eigenvalue weighted by atomic mass is 9.49. The summed E-state index contributed by atoms with van der Waals surface area (Å²) in [6.45, 7) is 0.147. The van der Waals surface area contributed by atoms with Gasteiger partial charge in [0, 0.05) is 29.5 Å². The Bertz CT molecular complexity index is 1990. The molecule has 6 atom stereocenters. The number of ether oxygens (including phenoxy) is 1. The first kappa shape index (κ1) is 35.2. The van der Waals surface area contributed by atoms with Crippen LogP contribution < -0.4 is 10.2 Å². The van der Waals surface area contributed by atoms with Crippen molar-refractivity contribution in [3.8, 4) is 11.5 Å². The Kier molecular flexibility index (Phi) is 9.28. The molecule has 3 aromatic rings. The molecule has 6 unspecified atom stereocenters. The minimum Gasteiger partial charge on any atom is -0.508 e. The number of fused-ring (bicyclic) bond motifs is 4. The minimum absolute atomic E-state index is 0.00375. The third kappa shape index (κ3) is 5.60. The topological polar surface area (TPSA) is 154 Å². The summed E-state index contributed by atoms with van der Waals surface area (Å²) in [5.74, 6) is -7.50. The number of aromatic hydroxyl groups is 1. The van der Waals surface area contributed by atoms with Gasteiger partial charge in [0.15, 0.2) is 0 Å². The van der Waals surface area contributed by atoms with Crippen molar-refractivity contribution in [3.05, 3.63) is 100 Å². The smallest absolute Gasteiger partial charge is 0.303 e. The fraction of sp³-hybridized carbons (Fsp3) is 0.359. The monoisotopic (exact) mass is 729 g/mol. The maximum Gasteiger partial charge on any atom is 0.303 e. The first-order chi connectivity index (χ1) is 25.0. The van der Waals surface area contributed by atoms with Crippen LogP contribution >= 0.6 is 11.6 Å². The summed E-state index contributed by atoms with van der Waals surface area (Å²) < 4.78 is 19.6. The number of nitrogens with zero attached hydrogens (tertiary/aromatic N) is 2. The number of methoxy groups -OCH3 is 1. The van der Waals surface area contributed by atoms with E-state index in [2.05, 4.69) is 5.43 Å². The zero-order valence-electron chi connectivity index (χ0n) is 28.3. The van der Waals surface area contributed by atoms with Crippen LogP contribution in [0.2, 0.25) is 5.02 Å². The number of carbonyl (C=O) groups is 5. The summed E-state index contributed by atoms with van der Waals surface area (Å²) in [6, 6.07) is 16.6. The van der Waals surface area contributed by atoms with E-state index < -0.39 is 58.6 Å². The molecule has 11 nitrogen and oxygen atoms in total. The summed E-state index contributed by atoms with van der Waals surface area (Å²) in [5, 5.41) is 21.9. The van der Waals surface area contributed by atoms with Gasteiger partial charge in [-0.1, -0.05) is 47.9 Å². The molecule has 1 saturated carbocycles. The zero-order chi connectivity index (χ0) is 36.9. The number of carboxylic acids is 1. The number of aliphatic carboxylic acids is 1. The normalized spacial score (nSPS) is 26.5. The zero-order valence-corrected chi connectivity index (χ0v) is 29.0. The van der Waals surface area contributed by atoms with Gasteiger partial charge in [0.05, 0.1) is 36.0 Å². The average Bonchev–Trinajstić information content (AvgIpc) is 3.49. The lowest BCUT2D eigenvalue weighted by Crippen LogP contribution is -2.53. The lowest BCUT2D eigenvalue weighted by molar-refractivity contribution is -0.141. The van der Waals surface area contributed by atoms with Crippen molar-refractivity contribution in [1.29, 1.82) is 0 Å². The number of allylic oxidation sites excluding steroid dienone is 2. The molecule has 4 amide bonds. The number of rotatable bonds is 11. The summed E-state index contributed by atoms with van der Waals surface area (Å²) in [5.41, 5.74) is 2.87. The fourth-order valence-corrected chi connectivity index (χ4v) is 9.10. The van der Waals surface area contributed by atoms with Gasteiger partial charge in [0.25, 0.3) is 11.8 Å². The van der Waals surface area contributed by atoms with Crippen LogP contribution in [0.4, 0.5) is 10.1 Å². The van der Waals surface area contributed by atoms with E-state index in [1.807, 2.05) is 6.08 Å². The van der Waals surface area contributed by atoms with Crippen molar-refractivity contribution < 1.29 is 43.3 Å². The SMILES string of the molecule is COc1cccc(O)c1C1C2=CCC3C(=O)N(CCCCCC(=O)O)C(=O)C3C2CC2C(=O)N(Nc3ccc(F)cc3)C(=O)C21c1ccc(Cl)cc1. The molecule has 3 fully saturated rings. The predicted molar refractivity (Wildman–Crippen MR) is 187 cm³/mol. The number of likely N-dealkylation sites (tertiary alicyclic amines) is 1. The molecule has 52 heavy (non-hydrogen) atoms. The Balaban J connectivity index is 1.37. The van der Waals surface area contributed by atoms with E-state index in [1.165, 1.54) is 42.3 Å². The average molecular weight is 730 g/mol. The van der Waals surface area contributed by atoms with Crippen molar-refractivity contribution in [2.75, 3.05) is 19.1 Å². The number of benzene rings is 3. The van der Waals surface area contributed by atoms with Gasteiger partial charge in [-0.25, -0.2) is 4.39 Å². The highest BCUT2D eigenvalue weighted by atomic mass is 35.5. The number of phenolic OH excluding ortho intramolecular Hbond substituents is 1. The molecule has 13 heteroatoms. The van der Waals surface area contributed by atoms with Crippen LogP contribution in [-0.2, 0) is 29.4 Å². The molecule has 7 rings (SSSR count). The number of amides is 4. The number of carbonyl (C=O) groups excluding carboxylic acids is 4. The molecular weight excluding hydrogens is 693 g/mol. The molecule has 2 aliphatic carbocycles. The molecule has 3 N–H and O–H groups in total. The molecule has 2 aliphatic heterocycles. The second kappa shape index (κ2) is 13.7. The van der Waals surface area contributed by atoms with Crippen LogP contribution in [0.1, 0.15) is 55.6 Å². The highest BCUT2D eigenvalue weighted by Gasteiger charge is 2.71. The Morgan fingerprint density at radius 2 is 1.69 bits per heavy atom. The van der Waals surface area contributed by atoms with Gasteiger partial charge >= 0.3 is 5.97 Å². The van der Waals surface area contributed by atoms with Crippen molar-refractivity contribution in [1.82, 2.24) is 9.91 Å². The Labute approximate surface area is 304 Å². The first-order valence-corrected chi connectivity index (χ1v) is 17.7. The molecule has 0 radical (unpaired) electrons. The highest BCUT2D eigenvalue weighted by molar-refractivity contribution is 6.30. The summed E-state index contributed by atoms with van der Waals surface area (Å²) in [7, 11) is 1.44. The number of anilines is 1. The fourth-order valence-electron chi connectivity index (χ4n) is 8.98. The second-order valence-electron chi connectivity index (χ2n) is 13.8. The van der Waals surface area contributed by atoms with Crippen LogP contribution in [-0.4, -0.2) is 63.4 Å². The molecule has 0 aromatic heterocycles. The van der Waals surface area contributed by atoms with E-state index in [1.54, 1.807) is 36.4 Å². The van der Waals surface area contributed by atoms with Crippen LogP contribution in [0.25, 0.3) is 0 Å². The number of hydrogen-bond acceptors (Lipinski definition) is 8. The maximum absolute atomic E-state index is 15.2. The van der Waals surface area contributed by atoms with Gasteiger partial charge in [0.1, 0.15) is 17.3 Å². The van der Waals surface area contributed by atoms with E-state index in [-0.39, 0.29) is 60.4 Å². The van der Waals surface area contributed by atoms with Crippen LogP contribution in [0.15, 0.2) is 78.4 Å². The molecule has 4 aliphatic rings. The number of imide groups is 2.